The lowest BCUT2D eigenvalue weighted by Gasteiger charge is -2.38. The largest absolute Gasteiger partial charge is 0.481 e. The minimum atomic E-state index is -1.33. The van der Waals surface area contributed by atoms with E-state index in [9.17, 15) is 33.9 Å². The van der Waals surface area contributed by atoms with Crippen LogP contribution in [0.4, 0.5) is 4.79 Å². The maximum absolute atomic E-state index is 14.7. The molecule has 14 heteroatoms. The minimum Gasteiger partial charge on any atom is -0.481 e. The second kappa shape index (κ2) is 20.7. The Hall–Kier alpha value is -5.76. The van der Waals surface area contributed by atoms with Gasteiger partial charge in [-0.1, -0.05) is 92.7 Å². The zero-order valence-corrected chi connectivity index (χ0v) is 36.4. The summed E-state index contributed by atoms with van der Waals surface area (Å²) in [5, 5.41) is 15.0. The van der Waals surface area contributed by atoms with Crippen LogP contribution in [0.1, 0.15) is 82.9 Å². The minimum absolute atomic E-state index is 0.0201. The van der Waals surface area contributed by atoms with Crippen molar-refractivity contribution >= 4 is 35.7 Å². The van der Waals surface area contributed by atoms with Gasteiger partial charge in [-0.15, -0.1) is 0 Å². The van der Waals surface area contributed by atoms with Crippen molar-refractivity contribution < 1.29 is 43.3 Å². The number of carbonyl (C=O) groups is 6. The van der Waals surface area contributed by atoms with Crippen molar-refractivity contribution in [2.24, 2.45) is 5.92 Å². The number of hydrogen-bond donors (Lipinski definition) is 3. The van der Waals surface area contributed by atoms with Crippen molar-refractivity contribution in [3.05, 3.63) is 95.6 Å². The van der Waals surface area contributed by atoms with Crippen LogP contribution in [-0.4, -0.2) is 126 Å². The van der Waals surface area contributed by atoms with Crippen LogP contribution >= 0.6 is 0 Å². The molecule has 0 bridgehead atoms. The lowest BCUT2D eigenvalue weighted by Crippen LogP contribution is -2.61. The highest BCUT2D eigenvalue weighted by molar-refractivity contribution is 5.96. The molecule has 0 spiro atoms. The Morgan fingerprint density at radius 1 is 0.770 bits per heavy atom. The predicted molar refractivity (Wildman–Crippen MR) is 230 cm³/mol. The van der Waals surface area contributed by atoms with Crippen LogP contribution in [0.2, 0.25) is 0 Å². The summed E-state index contributed by atoms with van der Waals surface area (Å²) in [6, 6.07) is 20.1. The normalized spacial score (nSPS) is 15.7. The first-order chi connectivity index (χ1) is 29.0. The van der Waals surface area contributed by atoms with E-state index in [2.05, 4.69) is 10.6 Å². The SMILES string of the molecule is CC(C)C(C(=O)N[C@@H](CC(=O)O)C(=O)N1CCCCC1)N(C)C(=O)[C@H](Cc1ccccc1)N(C)C(=O)[C@H](COC(C)(C)C)NC(=O)OCC1c2ccccc2-c2ccccc21. The van der Waals surface area contributed by atoms with Gasteiger partial charge in [0, 0.05) is 39.5 Å². The molecule has 2 aliphatic rings. The van der Waals surface area contributed by atoms with Gasteiger partial charge in [0.15, 0.2) is 0 Å². The Kier molecular flexibility index (Phi) is 15.7. The highest BCUT2D eigenvalue weighted by atomic mass is 16.5. The van der Waals surface area contributed by atoms with Gasteiger partial charge in [-0.3, -0.25) is 24.0 Å². The Labute approximate surface area is 358 Å². The summed E-state index contributed by atoms with van der Waals surface area (Å²) in [6.45, 7) is 9.67. The monoisotopic (exact) mass is 839 g/mol. The second-order valence-electron chi connectivity index (χ2n) is 17.3. The molecule has 5 amide bonds. The van der Waals surface area contributed by atoms with Crippen LogP contribution in [0.15, 0.2) is 78.9 Å². The van der Waals surface area contributed by atoms with E-state index >= 15 is 0 Å². The number of carbonyl (C=O) groups excluding carboxylic acids is 5. The molecule has 14 nitrogen and oxygen atoms in total. The molecule has 3 aromatic rings. The number of nitrogens with zero attached hydrogens (tertiary/aromatic N) is 3. The van der Waals surface area contributed by atoms with E-state index < -0.39 is 77.8 Å². The average Bonchev–Trinajstić information content (AvgIpc) is 3.55. The fourth-order valence-corrected chi connectivity index (χ4v) is 8.18. The first kappa shape index (κ1) is 46.3. The number of ether oxygens (including phenoxy) is 2. The first-order valence-electron chi connectivity index (χ1n) is 21.1. The molecule has 4 atom stereocenters. The molecule has 1 saturated heterocycles. The Morgan fingerprint density at radius 3 is 1.90 bits per heavy atom. The summed E-state index contributed by atoms with van der Waals surface area (Å²) in [5.74, 6) is -4.32. The molecular weight excluding hydrogens is 779 g/mol. The molecule has 1 heterocycles. The highest BCUT2D eigenvalue weighted by Crippen LogP contribution is 2.44. The number of carboxylic acids is 1. The Morgan fingerprint density at radius 2 is 1.34 bits per heavy atom. The third-order valence-corrected chi connectivity index (χ3v) is 11.3. The lowest BCUT2D eigenvalue weighted by atomic mass is 9.97. The molecule has 3 N–H and O–H groups in total. The van der Waals surface area contributed by atoms with E-state index in [1.54, 1.807) is 18.7 Å². The van der Waals surface area contributed by atoms with Gasteiger partial charge in [-0.25, -0.2) is 4.79 Å². The summed E-state index contributed by atoms with van der Waals surface area (Å²) >= 11 is 0. The molecule has 1 aliphatic carbocycles. The number of rotatable bonds is 17. The molecule has 0 radical (unpaired) electrons. The van der Waals surface area contributed by atoms with E-state index in [1.165, 1.54) is 23.9 Å². The zero-order chi connectivity index (χ0) is 44.4. The van der Waals surface area contributed by atoms with Crippen LogP contribution in [0.3, 0.4) is 0 Å². The summed E-state index contributed by atoms with van der Waals surface area (Å²) in [4.78, 5) is 86.4. The van der Waals surface area contributed by atoms with Gasteiger partial charge in [0.1, 0.15) is 30.8 Å². The van der Waals surface area contributed by atoms with Crippen molar-refractivity contribution in [3.8, 4) is 11.1 Å². The number of alkyl carbamates (subject to hydrolysis) is 1. The number of fused-ring (bicyclic) bond motifs is 3. The maximum Gasteiger partial charge on any atom is 0.407 e. The number of likely N-dealkylation sites (tertiary alicyclic amines) is 1. The number of amides is 5. The third kappa shape index (κ3) is 12.0. The second-order valence-corrected chi connectivity index (χ2v) is 17.3. The topological polar surface area (TPSA) is 175 Å². The molecule has 61 heavy (non-hydrogen) atoms. The van der Waals surface area contributed by atoms with Crippen LogP contribution in [0, 0.1) is 5.92 Å². The van der Waals surface area contributed by atoms with Gasteiger partial charge in [0.25, 0.3) is 0 Å². The molecule has 1 aliphatic heterocycles. The number of hydrogen-bond acceptors (Lipinski definition) is 8. The van der Waals surface area contributed by atoms with Gasteiger partial charge in [-0.05, 0) is 73.8 Å². The fraction of sp³-hybridized carbons (Fsp3) is 0.489. The molecule has 1 fully saturated rings. The average molecular weight is 840 g/mol. The van der Waals surface area contributed by atoms with Crippen molar-refractivity contribution in [2.75, 3.05) is 40.4 Å². The van der Waals surface area contributed by atoms with Gasteiger partial charge in [0.2, 0.25) is 23.6 Å². The molecule has 0 saturated carbocycles. The van der Waals surface area contributed by atoms with E-state index in [1.807, 2.05) is 99.6 Å². The van der Waals surface area contributed by atoms with Crippen LogP contribution in [0.5, 0.6) is 0 Å². The van der Waals surface area contributed by atoms with Gasteiger partial charge in [0.05, 0.1) is 18.6 Å². The van der Waals surface area contributed by atoms with Gasteiger partial charge in [-0.2, -0.15) is 0 Å². The van der Waals surface area contributed by atoms with Gasteiger partial charge >= 0.3 is 12.1 Å². The van der Waals surface area contributed by atoms with Crippen LogP contribution < -0.4 is 10.6 Å². The summed E-state index contributed by atoms with van der Waals surface area (Å²) < 4.78 is 11.8. The lowest BCUT2D eigenvalue weighted by molar-refractivity contribution is -0.151. The molecule has 328 valence electrons. The Bertz CT molecular complexity index is 1980. The third-order valence-electron chi connectivity index (χ3n) is 11.3. The van der Waals surface area contributed by atoms with Crippen LogP contribution in [-0.2, 0) is 39.9 Å². The van der Waals surface area contributed by atoms with E-state index in [0.717, 1.165) is 47.1 Å². The molecule has 5 rings (SSSR count). The van der Waals surface area contributed by atoms with Crippen molar-refractivity contribution in [3.63, 3.8) is 0 Å². The smallest absolute Gasteiger partial charge is 0.407 e. The Balaban J connectivity index is 1.37. The van der Waals surface area contributed by atoms with Gasteiger partial charge < -0.3 is 39.9 Å². The number of nitrogens with one attached hydrogen (secondary N) is 2. The van der Waals surface area contributed by atoms with Crippen molar-refractivity contribution in [1.29, 1.82) is 0 Å². The predicted octanol–water partition coefficient (Wildman–Crippen LogP) is 5.23. The highest BCUT2D eigenvalue weighted by Gasteiger charge is 2.40. The molecular formula is C47H61N5O9. The van der Waals surface area contributed by atoms with E-state index in [-0.39, 0.29) is 25.6 Å². The summed E-state index contributed by atoms with van der Waals surface area (Å²) in [5.41, 5.74) is 4.26. The van der Waals surface area contributed by atoms with E-state index in [4.69, 9.17) is 9.47 Å². The summed E-state index contributed by atoms with van der Waals surface area (Å²) in [7, 11) is 2.92. The number of piperidine rings is 1. The number of benzene rings is 3. The number of aliphatic carboxylic acids is 1. The van der Waals surface area contributed by atoms with Crippen LogP contribution in [0.25, 0.3) is 11.1 Å². The number of carboxylic acid groups (broad SMARTS) is 1. The zero-order valence-electron chi connectivity index (χ0n) is 36.4. The fourth-order valence-electron chi connectivity index (χ4n) is 8.18. The molecule has 1 unspecified atom stereocenters. The summed E-state index contributed by atoms with van der Waals surface area (Å²) in [6.07, 6.45) is 1.13. The quantitative estimate of drug-likeness (QED) is 0.164. The molecule has 0 aromatic heterocycles. The number of likely N-dealkylation sites (N-methyl/N-ethyl adjacent to an activating group) is 2. The standard InChI is InChI=1S/C47H61N5O9/c1-30(2)41(42(55)48-37(27-40(53)54)44(57)52-24-16-9-17-25-52)51(7)45(58)39(26-31-18-10-8-11-19-31)50(6)43(56)38(29-61-47(3,4)5)49-46(59)60-28-36-34-22-14-12-20-32(34)33-21-13-15-23-35(33)36/h8,10-15,18-23,30,36-39,41H,9,16-17,24-29H2,1-7H3,(H,48,55)(H,49,59)(H,53,54)/t37-,38-,39-,41?/m0/s1. The molecule has 3 aromatic carbocycles. The van der Waals surface area contributed by atoms with E-state index in [0.29, 0.717) is 13.1 Å². The van der Waals surface area contributed by atoms with Crippen molar-refractivity contribution in [1.82, 2.24) is 25.3 Å². The first-order valence-corrected chi connectivity index (χ1v) is 21.1. The van der Waals surface area contributed by atoms with Crippen molar-refractivity contribution in [2.45, 2.75) is 102 Å². The maximum atomic E-state index is 14.7.